The van der Waals surface area contributed by atoms with E-state index < -0.39 is 0 Å². The van der Waals surface area contributed by atoms with Gasteiger partial charge in [-0.15, -0.1) is 0 Å². The number of likely N-dealkylation sites (N-methyl/N-ethyl adjacent to an activating group) is 1. The Balaban J connectivity index is 1.41. The molecular formula is C28H49BrN4O. The van der Waals surface area contributed by atoms with Gasteiger partial charge in [-0.2, -0.15) is 0 Å². The van der Waals surface area contributed by atoms with E-state index in [0.717, 1.165) is 56.8 Å². The Morgan fingerprint density at radius 3 is 1.82 bits per heavy atom. The zero-order valence-corrected chi connectivity index (χ0v) is 23.3. The van der Waals surface area contributed by atoms with Gasteiger partial charge in [-0.05, 0) is 31.5 Å². The Bertz CT molecular complexity index is 632. The number of pyridine rings is 1. The van der Waals surface area contributed by atoms with Crippen LogP contribution in [-0.4, -0.2) is 60.4 Å². The molecule has 1 amide bonds. The number of nitrogens with one attached hydrogen (secondary N) is 1. The highest BCUT2D eigenvalue weighted by Crippen LogP contribution is 2.15. The minimum atomic E-state index is -0.00188. The van der Waals surface area contributed by atoms with E-state index in [2.05, 4.69) is 43.0 Å². The fourth-order valence-corrected chi connectivity index (χ4v) is 5.04. The third-order valence-corrected chi connectivity index (χ3v) is 7.56. The average molecular weight is 538 g/mol. The third-order valence-electron chi connectivity index (χ3n) is 7.00. The van der Waals surface area contributed by atoms with Crippen molar-refractivity contribution >= 4 is 27.7 Å². The lowest BCUT2D eigenvalue weighted by Crippen LogP contribution is -2.46. The van der Waals surface area contributed by atoms with Crippen molar-refractivity contribution in [3.8, 4) is 0 Å². The molecule has 0 aromatic carbocycles. The summed E-state index contributed by atoms with van der Waals surface area (Å²) >= 11 is 3.50. The summed E-state index contributed by atoms with van der Waals surface area (Å²) in [5, 5.41) is 4.21. The van der Waals surface area contributed by atoms with Crippen molar-refractivity contribution in [3.05, 3.63) is 23.9 Å². The second-order valence-electron chi connectivity index (χ2n) is 9.72. The average Bonchev–Trinajstić information content (AvgIpc) is 2.88. The summed E-state index contributed by atoms with van der Waals surface area (Å²) in [6.45, 7) is 8.25. The van der Waals surface area contributed by atoms with Crippen molar-refractivity contribution < 1.29 is 4.79 Å². The molecule has 0 aliphatic carbocycles. The van der Waals surface area contributed by atoms with Crippen LogP contribution in [0, 0.1) is 0 Å². The minimum Gasteiger partial charge on any atom is -0.354 e. The van der Waals surface area contributed by atoms with Crippen LogP contribution in [-0.2, 0) is 0 Å². The number of unbranched alkanes of at least 4 members (excludes halogenated alkanes) is 13. The number of nitrogens with zero attached hydrogens (tertiary/aromatic N) is 3. The molecule has 1 saturated heterocycles. The van der Waals surface area contributed by atoms with E-state index in [4.69, 9.17) is 0 Å². The van der Waals surface area contributed by atoms with Gasteiger partial charge >= 0.3 is 0 Å². The first-order valence-corrected chi connectivity index (χ1v) is 15.1. The Hall–Kier alpha value is -1.14. The number of anilines is 1. The summed E-state index contributed by atoms with van der Waals surface area (Å²) in [4.78, 5) is 21.7. The summed E-state index contributed by atoms with van der Waals surface area (Å²) in [6, 6.07) is 3.90. The number of hydrogen-bond donors (Lipinski definition) is 1. The molecular weight excluding hydrogens is 488 g/mol. The van der Waals surface area contributed by atoms with Crippen LogP contribution in [0.5, 0.6) is 0 Å². The van der Waals surface area contributed by atoms with Gasteiger partial charge in [0.1, 0.15) is 5.82 Å². The zero-order valence-electron chi connectivity index (χ0n) is 21.7. The molecule has 0 unspecified atom stereocenters. The predicted molar refractivity (Wildman–Crippen MR) is 149 cm³/mol. The monoisotopic (exact) mass is 536 g/mol. The molecule has 2 heterocycles. The van der Waals surface area contributed by atoms with E-state index in [0.29, 0.717) is 5.56 Å². The summed E-state index contributed by atoms with van der Waals surface area (Å²) in [7, 11) is 0. The van der Waals surface area contributed by atoms with Gasteiger partial charge in [0.25, 0.3) is 5.91 Å². The minimum absolute atomic E-state index is 0.00188. The van der Waals surface area contributed by atoms with E-state index in [-0.39, 0.29) is 5.91 Å². The lowest BCUT2D eigenvalue weighted by molar-refractivity contribution is 0.0952. The maximum Gasteiger partial charge on any atom is 0.252 e. The fourth-order valence-electron chi connectivity index (χ4n) is 4.65. The molecule has 2 rings (SSSR count). The van der Waals surface area contributed by atoms with Crippen LogP contribution in [0.15, 0.2) is 18.3 Å². The highest BCUT2D eigenvalue weighted by atomic mass is 79.9. The molecule has 1 aliphatic heterocycles. The highest BCUT2D eigenvalue weighted by molar-refractivity contribution is 9.09. The molecule has 5 nitrogen and oxygen atoms in total. The molecule has 0 saturated carbocycles. The van der Waals surface area contributed by atoms with Crippen LogP contribution in [0.3, 0.4) is 0 Å². The van der Waals surface area contributed by atoms with Crippen molar-refractivity contribution in [1.82, 2.24) is 15.2 Å². The normalized spacial score (nSPS) is 14.5. The number of carbonyl (C=O) groups excluding carboxylic acids is 1. The summed E-state index contributed by atoms with van der Waals surface area (Å²) in [5.41, 5.74) is 0.662. The number of carbonyl (C=O) groups is 1. The molecule has 194 valence electrons. The largest absolute Gasteiger partial charge is 0.354 e. The van der Waals surface area contributed by atoms with Crippen molar-refractivity contribution in [3.63, 3.8) is 0 Å². The molecule has 1 aliphatic rings. The van der Waals surface area contributed by atoms with Crippen LogP contribution in [0.1, 0.15) is 107 Å². The van der Waals surface area contributed by atoms with Crippen LogP contribution < -0.4 is 10.2 Å². The first-order valence-electron chi connectivity index (χ1n) is 14.0. The molecule has 1 aromatic rings. The molecule has 6 heteroatoms. The van der Waals surface area contributed by atoms with E-state index in [1.165, 1.54) is 83.5 Å². The molecule has 1 fully saturated rings. The molecule has 34 heavy (non-hydrogen) atoms. The van der Waals surface area contributed by atoms with E-state index in [1.807, 2.05) is 12.1 Å². The molecule has 0 spiro atoms. The molecule has 0 radical (unpaired) electrons. The van der Waals surface area contributed by atoms with Crippen molar-refractivity contribution in [2.24, 2.45) is 0 Å². The summed E-state index contributed by atoms with van der Waals surface area (Å²) < 4.78 is 0. The van der Waals surface area contributed by atoms with Gasteiger partial charge in [-0.3, -0.25) is 4.79 Å². The van der Waals surface area contributed by atoms with Gasteiger partial charge in [0.15, 0.2) is 0 Å². The van der Waals surface area contributed by atoms with Crippen molar-refractivity contribution in [2.75, 3.05) is 49.5 Å². The Labute approximate surface area is 217 Å². The predicted octanol–water partition coefficient (Wildman–Crippen LogP) is 6.81. The number of hydrogen-bond acceptors (Lipinski definition) is 4. The van der Waals surface area contributed by atoms with Crippen LogP contribution in [0.4, 0.5) is 5.82 Å². The highest BCUT2D eigenvalue weighted by Gasteiger charge is 2.17. The third kappa shape index (κ3) is 12.5. The zero-order chi connectivity index (χ0) is 24.3. The maximum atomic E-state index is 12.4. The fraction of sp³-hybridized carbons (Fsp3) is 0.786. The standard InChI is InChI=1S/C28H49BrN4O/c1-2-32-21-23-33(24-22-32)27-18-17-26(25-31-27)28(34)30-20-16-14-12-10-8-6-4-3-5-7-9-11-13-15-19-29/h17-18,25H,2-16,19-24H2,1H3,(H,30,34). The SMILES string of the molecule is CCN1CCN(c2ccc(C(=O)NCCCCCCCCCCCCCCCCBr)cn2)CC1. The Kier molecular flexibility index (Phi) is 16.3. The van der Waals surface area contributed by atoms with Gasteiger partial charge in [0.05, 0.1) is 5.56 Å². The number of aromatic nitrogens is 1. The van der Waals surface area contributed by atoms with Crippen molar-refractivity contribution in [1.29, 1.82) is 0 Å². The van der Waals surface area contributed by atoms with Gasteiger partial charge in [0, 0.05) is 44.3 Å². The van der Waals surface area contributed by atoms with Crippen LogP contribution in [0.2, 0.25) is 0 Å². The van der Waals surface area contributed by atoms with Gasteiger partial charge < -0.3 is 15.1 Å². The second kappa shape index (κ2) is 19.1. The number of amides is 1. The number of rotatable bonds is 19. The van der Waals surface area contributed by atoms with Crippen LogP contribution in [0.25, 0.3) is 0 Å². The lowest BCUT2D eigenvalue weighted by Gasteiger charge is -2.34. The molecule has 0 bridgehead atoms. The van der Waals surface area contributed by atoms with E-state index in [1.54, 1.807) is 6.20 Å². The summed E-state index contributed by atoms with van der Waals surface area (Å²) in [6.07, 6.45) is 20.6. The molecule has 1 N–H and O–H groups in total. The Morgan fingerprint density at radius 1 is 0.824 bits per heavy atom. The Morgan fingerprint density at radius 2 is 1.35 bits per heavy atom. The summed E-state index contributed by atoms with van der Waals surface area (Å²) in [5.74, 6) is 0.978. The lowest BCUT2D eigenvalue weighted by atomic mass is 10.0. The maximum absolute atomic E-state index is 12.4. The number of halogens is 1. The van der Waals surface area contributed by atoms with Crippen LogP contribution >= 0.6 is 15.9 Å². The van der Waals surface area contributed by atoms with Gasteiger partial charge in [0.2, 0.25) is 0 Å². The molecule has 0 atom stereocenters. The quantitative estimate of drug-likeness (QED) is 0.156. The van der Waals surface area contributed by atoms with E-state index in [9.17, 15) is 4.79 Å². The second-order valence-corrected chi connectivity index (χ2v) is 10.5. The number of alkyl halides is 1. The van der Waals surface area contributed by atoms with Crippen molar-refractivity contribution in [2.45, 2.75) is 96.8 Å². The van der Waals surface area contributed by atoms with Gasteiger partial charge in [-0.25, -0.2) is 4.98 Å². The van der Waals surface area contributed by atoms with E-state index >= 15 is 0 Å². The van der Waals surface area contributed by atoms with Gasteiger partial charge in [-0.1, -0.05) is 99.9 Å². The first kappa shape index (κ1) is 29.1. The molecule has 1 aromatic heterocycles. The topological polar surface area (TPSA) is 48.5 Å². The smallest absolute Gasteiger partial charge is 0.252 e. The number of piperazine rings is 1. The first-order chi connectivity index (χ1) is 16.7.